The van der Waals surface area contributed by atoms with Gasteiger partial charge in [-0.3, -0.25) is 9.59 Å². The maximum absolute atomic E-state index is 12.0. The minimum absolute atomic E-state index is 0.147. The van der Waals surface area contributed by atoms with E-state index < -0.39 is 5.97 Å². The van der Waals surface area contributed by atoms with Crippen LogP contribution in [0.1, 0.15) is 295 Å². The molecule has 4 nitrogen and oxygen atoms in total. The quantitative estimate of drug-likeness (QED) is 0.0644. The number of benzene rings is 1. The number of carbonyl (C=O) groups is 2. The summed E-state index contributed by atoms with van der Waals surface area (Å²) in [5.41, 5.74) is 0.904. The van der Waals surface area contributed by atoms with E-state index in [9.17, 15) is 9.59 Å². The molecular formula is C54H99NO3. The Balaban J connectivity index is 1.61. The van der Waals surface area contributed by atoms with Gasteiger partial charge in [0.1, 0.15) is 0 Å². The number of aliphatic carboxylic acids is 1. The molecule has 0 spiro atoms. The maximum atomic E-state index is 12.0. The van der Waals surface area contributed by atoms with Gasteiger partial charge in [0.15, 0.2) is 0 Å². The van der Waals surface area contributed by atoms with Crippen LogP contribution in [-0.2, 0) is 9.59 Å². The van der Waals surface area contributed by atoms with Crippen LogP contribution in [0, 0.1) is 0 Å². The number of carboxylic acid groups (broad SMARTS) is 1. The summed E-state index contributed by atoms with van der Waals surface area (Å²) in [4.78, 5) is 22.5. The third-order valence-electron chi connectivity index (χ3n) is 12.6. The van der Waals surface area contributed by atoms with Crippen LogP contribution in [0.4, 0.5) is 5.69 Å². The van der Waals surface area contributed by atoms with Crippen LogP contribution in [0.3, 0.4) is 0 Å². The summed E-state index contributed by atoms with van der Waals surface area (Å²) in [6.45, 7) is 0. The summed E-state index contributed by atoms with van der Waals surface area (Å²) >= 11 is 0. The van der Waals surface area contributed by atoms with Crippen molar-refractivity contribution in [2.75, 3.05) is 5.32 Å². The van der Waals surface area contributed by atoms with E-state index in [-0.39, 0.29) is 5.91 Å². The molecule has 0 aliphatic rings. The zero-order valence-corrected chi connectivity index (χ0v) is 38.7. The molecule has 0 saturated carbocycles. The van der Waals surface area contributed by atoms with Gasteiger partial charge in [-0.05, 0) is 25.0 Å². The van der Waals surface area contributed by atoms with E-state index in [0.717, 1.165) is 24.9 Å². The molecule has 58 heavy (non-hydrogen) atoms. The largest absolute Gasteiger partial charge is 0.481 e. The van der Waals surface area contributed by atoms with Crippen molar-refractivity contribution in [2.24, 2.45) is 0 Å². The third-order valence-corrected chi connectivity index (χ3v) is 12.6. The molecule has 1 aromatic rings. The SMILES string of the molecule is O=C(O)CCCCCCCCCCCCCCCCCCCCCCCCCCCCCCCCCCCCCCCCCCCCCCC(=O)Nc1ccccc1. The lowest BCUT2D eigenvalue weighted by molar-refractivity contribution is -0.137. The van der Waals surface area contributed by atoms with Crippen LogP contribution in [-0.4, -0.2) is 17.0 Å². The fraction of sp³-hybridized carbons (Fsp3) is 0.852. The van der Waals surface area contributed by atoms with Crippen molar-refractivity contribution >= 4 is 17.6 Å². The molecule has 1 aromatic carbocycles. The molecule has 0 saturated heterocycles. The Morgan fingerprint density at radius 2 is 0.483 bits per heavy atom. The van der Waals surface area contributed by atoms with Gasteiger partial charge in [-0.15, -0.1) is 0 Å². The van der Waals surface area contributed by atoms with E-state index in [1.807, 2.05) is 30.3 Å². The maximum Gasteiger partial charge on any atom is 0.303 e. The highest BCUT2D eigenvalue weighted by molar-refractivity contribution is 5.90. The molecule has 1 amide bonds. The Morgan fingerprint density at radius 1 is 0.293 bits per heavy atom. The standard InChI is InChI=1S/C54H99NO3/c56-53(55-52-48-44-43-45-49-52)50-46-41-39-37-35-33-31-29-27-25-23-21-19-17-15-13-11-9-7-5-3-1-2-4-6-8-10-12-14-16-18-20-22-24-26-28-30-32-34-36-38-40-42-47-51-54(57)58/h43-45,48-49H,1-42,46-47,50-51H2,(H,55,56)(H,57,58). The van der Waals surface area contributed by atoms with Gasteiger partial charge in [0.2, 0.25) is 5.91 Å². The Labute approximate surface area is 362 Å². The van der Waals surface area contributed by atoms with Gasteiger partial charge in [-0.25, -0.2) is 0 Å². The van der Waals surface area contributed by atoms with Crippen LogP contribution < -0.4 is 5.32 Å². The Bertz CT molecular complexity index is 964. The molecule has 0 unspecified atom stereocenters. The second kappa shape index (κ2) is 46.2. The highest BCUT2D eigenvalue weighted by Crippen LogP contribution is 2.19. The average molecular weight is 810 g/mol. The number of hydrogen-bond acceptors (Lipinski definition) is 2. The molecule has 338 valence electrons. The Hall–Kier alpha value is -1.84. The third kappa shape index (κ3) is 43.7. The highest BCUT2D eigenvalue weighted by atomic mass is 16.4. The first kappa shape index (κ1) is 54.2. The number of para-hydroxylation sites is 1. The Kier molecular flexibility index (Phi) is 43.2. The van der Waals surface area contributed by atoms with Crippen LogP contribution in [0.25, 0.3) is 0 Å². The van der Waals surface area contributed by atoms with E-state index in [0.29, 0.717) is 12.8 Å². The average Bonchev–Trinajstić information content (AvgIpc) is 3.22. The van der Waals surface area contributed by atoms with Gasteiger partial charge in [-0.1, -0.05) is 288 Å². The predicted octanol–water partition coefficient (Wildman–Crippen LogP) is 18.7. The van der Waals surface area contributed by atoms with Gasteiger partial charge in [-0.2, -0.15) is 0 Å². The molecule has 1 rings (SSSR count). The van der Waals surface area contributed by atoms with Gasteiger partial charge >= 0.3 is 5.97 Å². The molecule has 0 atom stereocenters. The highest BCUT2D eigenvalue weighted by Gasteiger charge is 2.03. The zero-order valence-electron chi connectivity index (χ0n) is 38.7. The normalized spacial score (nSPS) is 11.4. The molecule has 0 bridgehead atoms. The minimum Gasteiger partial charge on any atom is -0.481 e. The molecule has 0 radical (unpaired) electrons. The van der Waals surface area contributed by atoms with Crippen molar-refractivity contribution in [2.45, 2.75) is 295 Å². The van der Waals surface area contributed by atoms with Gasteiger partial charge < -0.3 is 10.4 Å². The Morgan fingerprint density at radius 3 is 0.690 bits per heavy atom. The molecule has 4 heteroatoms. The first-order chi connectivity index (χ1) is 28.7. The lowest BCUT2D eigenvalue weighted by Crippen LogP contribution is -2.10. The van der Waals surface area contributed by atoms with E-state index in [4.69, 9.17) is 5.11 Å². The lowest BCUT2D eigenvalue weighted by atomic mass is 10.0. The van der Waals surface area contributed by atoms with Crippen molar-refractivity contribution in [3.05, 3.63) is 30.3 Å². The smallest absolute Gasteiger partial charge is 0.303 e. The van der Waals surface area contributed by atoms with Crippen LogP contribution >= 0.6 is 0 Å². The summed E-state index contributed by atoms with van der Waals surface area (Å²) in [6, 6.07) is 9.78. The molecule has 0 aromatic heterocycles. The number of carbonyl (C=O) groups excluding carboxylic acids is 1. The summed E-state index contributed by atoms with van der Waals surface area (Å²) in [5.74, 6) is -0.502. The van der Waals surface area contributed by atoms with Crippen LogP contribution in [0.15, 0.2) is 30.3 Å². The summed E-state index contributed by atoms with van der Waals surface area (Å²) in [5, 5.41) is 11.7. The first-order valence-electron chi connectivity index (χ1n) is 26.2. The number of rotatable bonds is 48. The van der Waals surface area contributed by atoms with Crippen LogP contribution in [0.2, 0.25) is 0 Å². The van der Waals surface area contributed by atoms with E-state index in [2.05, 4.69) is 5.32 Å². The fourth-order valence-electron chi connectivity index (χ4n) is 8.73. The summed E-state index contributed by atoms with van der Waals surface area (Å²) < 4.78 is 0. The second-order valence-electron chi connectivity index (χ2n) is 18.4. The van der Waals surface area contributed by atoms with Crippen LogP contribution in [0.5, 0.6) is 0 Å². The molecule has 0 heterocycles. The molecule has 0 aliphatic carbocycles. The zero-order chi connectivity index (χ0) is 41.5. The number of anilines is 1. The molecule has 2 N–H and O–H groups in total. The van der Waals surface area contributed by atoms with Gasteiger partial charge in [0.25, 0.3) is 0 Å². The number of amides is 1. The van der Waals surface area contributed by atoms with E-state index in [1.165, 1.54) is 263 Å². The van der Waals surface area contributed by atoms with Crippen molar-refractivity contribution < 1.29 is 14.7 Å². The number of carboxylic acids is 1. The summed E-state index contributed by atoms with van der Waals surface area (Å²) in [7, 11) is 0. The lowest BCUT2D eigenvalue weighted by Gasteiger charge is -2.05. The van der Waals surface area contributed by atoms with Crippen molar-refractivity contribution in [3.63, 3.8) is 0 Å². The van der Waals surface area contributed by atoms with Gasteiger partial charge in [0.05, 0.1) is 0 Å². The van der Waals surface area contributed by atoms with E-state index in [1.54, 1.807) is 0 Å². The predicted molar refractivity (Wildman–Crippen MR) is 255 cm³/mol. The fourth-order valence-corrected chi connectivity index (χ4v) is 8.73. The first-order valence-corrected chi connectivity index (χ1v) is 26.2. The molecular weight excluding hydrogens is 711 g/mol. The van der Waals surface area contributed by atoms with Gasteiger partial charge in [0, 0.05) is 18.5 Å². The second-order valence-corrected chi connectivity index (χ2v) is 18.4. The molecule has 0 aliphatic heterocycles. The topological polar surface area (TPSA) is 66.4 Å². The number of nitrogens with one attached hydrogen (secondary N) is 1. The monoisotopic (exact) mass is 810 g/mol. The van der Waals surface area contributed by atoms with Crippen molar-refractivity contribution in [1.82, 2.24) is 0 Å². The van der Waals surface area contributed by atoms with Crippen molar-refractivity contribution in [3.8, 4) is 0 Å². The van der Waals surface area contributed by atoms with E-state index >= 15 is 0 Å². The number of hydrogen-bond donors (Lipinski definition) is 2. The molecule has 0 fully saturated rings. The summed E-state index contributed by atoms with van der Waals surface area (Å²) in [6.07, 6.45) is 62.1. The van der Waals surface area contributed by atoms with Crippen molar-refractivity contribution in [1.29, 1.82) is 0 Å². The minimum atomic E-state index is -0.649. The number of unbranched alkanes of at least 4 members (excludes halogenated alkanes) is 43.